The van der Waals surface area contributed by atoms with Gasteiger partial charge in [-0.05, 0) is 77.0 Å². The minimum Gasteiger partial charge on any atom is -0.460 e. The fourth-order valence-electron chi connectivity index (χ4n) is 4.58. The van der Waals surface area contributed by atoms with Crippen molar-refractivity contribution in [3.8, 4) is 0 Å². The highest BCUT2D eigenvalue weighted by Gasteiger charge is 2.41. The lowest BCUT2D eigenvalue weighted by molar-refractivity contribution is -0.155. The Kier molecular flexibility index (Phi) is 6.53. The molecule has 1 atom stereocenters. The van der Waals surface area contributed by atoms with Crippen LogP contribution in [0.25, 0.3) is 0 Å². The average Bonchev–Trinajstić information content (AvgIpc) is 3.27. The first-order valence-electron chi connectivity index (χ1n) is 11.0. The summed E-state index contributed by atoms with van der Waals surface area (Å²) in [6, 6.07) is 0. The van der Waals surface area contributed by atoms with Gasteiger partial charge in [-0.3, -0.25) is 4.79 Å². The van der Waals surface area contributed by atoms with Gasteiger partial charge in [-0.2, -0.15) is 0 Å². The quantitative estimate of drug-likeness (QED) is 0.579. The third-order valence-corrected chi connectivity index (χ3v) is 5.88. The van der Waals surface area contributed by atoms with E-state index >= 15 is 0 Å². The summed E-state index contributed by atoms with van der Waals surface area (Å²) >= 11 is 0. The van der Waals surface area contributed by atoms with Crippen molar-refractivity contribution in [3.05, 3.63) is 17.0 Å². The second kappa shape index (κ2) is 8.56. The van der Waals surface area contributed by atoms with Gasteiger partial charge in [0.05, 0.1) is 12.1 Å². The number of nitrogens with zero attached hydrogens (tertiary/aromatic N) is 1. The summed E-state index contributed by atoms with van der Waals surface area (Å²) in [5, 5.41) is 14.0. The fourth-order valence-corrected chi connectivity index (χ4v) is 4.58. The van der Waals surface area contributed by atoms with Crippen LogP contribution in [0.15, 0.2) is 4.52 Å². The van der Waals surface area contributed by atoms with Gasteiger partial charge in [0, 0.05) is 24.0 Å². The SMILES string of the molecule is CC(C)CC1CC(c2onc([C@@H](CCO)CC(=O)OC(C)(C)C)c2C2CC2)C1. The zero-order chi connectivity index (χ0) is 20.5. The molecular weight excluding hydrogens is 354 g/mol. The number of hydrogen-bond donors (Lipinski definition) is 1. The molecule has 0 aliphatic heterocycles. The number of esters is 1. The molecule has 0 unspecified atom stereocenters. The van der Waals surface area contributed by atoms with Crippen LogP contribution in [0.4, 0.5) is 0 Å². The van der Waals surface area contributed by atoms with Crippen molar-refractivity contribution in [2.24, 2.45) is 11.8 Å². The molecule has 0 radical (unpaired) electrons. The Bertz CT molecular complexity index is 663. The zero-order valence-electron chi connectivity index (χ0n) is 18.2. The lowest BCUT2D eigenvalue weighted by atomic mass is 9.69. The van der Waals surface area contributed by atoms with E-state index in [1.807, 2.05) is 20.8 Å². The van der Waals surface area contributed by atoms with E-state index < -0.39 is 5.60 Å². The zero-order valence-corrected chi connectivity index (χ0v) is 18.2. The van der Waals surface area contributed by atoms with Crippen molar-refractivity contribution in [2.45, 2.75) is 103 Å². The number of hydrogen-bond acceptors (Lipinski definition) is 5. The molecular formula is C23H37NO4. The number of ether oxygens (including phenoxy) is 1. The van der Waals surface area contributed by atoms with Crippen LogP contribution in [-0.4, -0.2) is 28.4 Å². The molecule has 2 aliphatic carbocycles. The molecule has 5 nitrogen and oxygen atoms in total. The summed E-state index contributed by atoms with van der Waals surface area (Å²) in [5.74, 6) is 3.20. The minimum atomic E-state index is -0.507. The monoisotopic (exact) mass is 391 g/mol. The van der Waals surface area contributed by atoms with E-state index in [0.29, 0.717) is 18.3 Å². The Morgan fingerprint density at radius 3 is 2.46 bits per heavy atom. The molecule has 5 heteroatoms. The number of carbonyl (C=O) groups excluding carboxylic acids is 1. The fraction of sp³-hybridized carbons (Fsp3) is 0.826. The molecule has 2 saturated carbocycles. The van der Waals surface area contributed by atoms with Gasteiger partial charge in [-0.1, -0.05) is 19.0 Å². The van der Waals surface area contributed by atoms with Crippen LogP contribution in [0.3, 0.4) is 0 Å². The molecule has 0 amide bonds. The highest BCUT2D eigenvalue weighted by Crippen LogP contribution is 2.52. The van der Waals surface area contributed by atoms with Crippen LogP contribution < -0.4 is 0 Å². The van der Waals surface area contributed by atoms with Crippen LogP contribution in [0.5, 0.6) is 0 Å². The third kappa shape index (κ3) is 5.37. The lowest BCUT2D eigenvalue weighted by Crippen LogP contribution is -2.25. The summed E-state index contributed by atoms with van der Waals surface area (Å²) in [7, 11) is 0. The first-order chi connectivity index (χ1) is 13.2. The van der Waals surface area contributed by atoms with Crippen LogP contribution in [0, 0.1) is 11.8 Å². The highest BCUT2D eigenvalue weighted by molar-refractivity contribution is 5.71. The van der Waals surface area contributed by atoms with Gasteiger partial charge in [-0.25, -0.2) is 0 Å². The number of aromatic nitrogens is 1. The molecule has 0 saturated heterocycles. The maximum atomic E-state index is 12.4. The molecule has 1 aromatic heterocycles. The summed E-state index contributed by atoms with van der Waals surface area (Å²) in [5.41, 5.74) is 1.63. The van der Waals surface area contributed by atoms with E-state index in [0.717, 1.165) is 23.3 Å². The molecule has 0 spiro atoms. The van der Waals surface area contributed by atoms with Gasteiger partial charge >= 0.3 is 5.97 Å². The second-order valence-electron chi connectivity index (χ2n) is 10.3. The number of rotatable bonds is 9. The largest absolute Gasteiger partial charge is 0.460 e. The van der Waals surface area contributed by atoms with Crippen molar-refractivity contribution in [2.75, 3.05) is 6.61 Å². The smallest absolute Gasteiger partial charge is 0.306 e. The molecule has 0 aromatic carbocycles. The molecule has 3 rings (SSSR count). The van der Waals surface area contributed by atoms with Gasteiger partial charge in [0.1, 0.15) is 11.4 Å². The summed E-state index contributed by atoms with van der Waals surface area (Å²) in [4.78, 5) is 12.4. The van der Waals surface area contributed by atoms with Crippen molar-refractivity contribution >= 4 is 5.97 Å². The molecule has 0 bridgehead atoms. The van der Waals surface area contributed by atoms with Crippen LogP contribution in [0.1, 0.15) is 114 Å². The molecule has 158 valence electrons. The maximum Gasteiger partial charge on any atom is 0.306 e. The Hall–Kier alpha value is -1.36. The summed E-state index contributed by atoms with van der Waals surface area (Å²) < 4.78 is 11.4. The molecule has 2 fully saturated rings. The normalized spacial score (nSPS) is 23.5. The van der Waals surface area contributed by atoms with E-state index in [1.165, 1.54) is 37.7 Å². The molecule has 1 heterocycles. The lowest BCUT2D eigenvalue weighted by Gasteiger charge is -2.35. The van der Waals surface area contributed by atoms with Gasteiger partial charge < -0.3 is 14.4 Å². The second-order valence-corrected chi connectivity index (χ2v) is 10.3. The van der Waals surface area contributed by atoms with Gasteiger partial charge in [-0.15, -0.1) is 0 Å². The van der Waals surface area contributed by atoms with Crippen LogP contribution in [-0.2, 0) is 9.53 Å². The van der Waals surface area contributed by atoms with E-state index in [2.05, 4.69) is 19.0 Å². The summed E-state index contributed by atoms with van der Waals surface area (Å²) in [6.07, 6.45) is 6.73. The van der Waals surface area contributed by atoms with Gasteiger partial charge in [0.2, 0.25) is 0 Å². The minimum absolute atomic E-state index is 0.0274. The van der Waals surface area contributed by atoms with Gasteiger partial charge in [0.15, 0.2) is 0 Å². The van der Waals surface area contributed by atoms with E-state index in [-0.39, 0.29) is 24.9 Å². The average molecular weight is 392 g/mol. The first kappa shape index (κ1) is 21.4. The highest BCUT2D eigenvalue weighted by atomic mass is 16.6. The van der Waals surface area contributed by atoms with E-state index in [1.54, 1.807) is 0 Å². The van der Waals surface area contributed by atoms with Crippen LogP contribution in [0.2, 0.25) is 0 Å². The predicted octanol–water partition coefficient (Wildman–Crippen LogP) is 5.29. The van der Waals surface area contributed by atoms with Crippen molar-refractivity contribution in [1.29, 1.82) is 0 Å². The van der Waals surface area contributed by atoms with Crippen molar-refractivity contribution < 1.29 is 19.2 Å². The Balaban J connectivity index is 1.74. The van der Waals surface area contributed by atoms with E-state index in [4.69, 9.17) is 9.26 Å². The standard InChI is InChI=1S/C23H37NO4/c1-14(2)10-15-11-18(12-15)22-20(16-6-7-16)21(24-28-22)17(8-9-25)13-19(26)27-23(3,4)5/h14-18,25H,6-13H2,1-5H3/t15?,17-,18?/m0/s1. The topological polar surface area (TPSA) is 72.6 Å². The molecule has 1 N–H and O–H groups in total. The molecule has 2 aliphatic rings. The summed E-state index contributed by atoms with van der Waals surface area (Å²) in [6.45, 7) is 10.2. The third-order valence-electron chi connectivity index (χ3n) is 5.88. The predicted molar refractivity (Wildman–Crippen MR) is 108 cm³/mol. The van der Waals surface area contributed by atoms with Crippen molar-refractivity contribution in [1.82, 2.24) is 5.16 Å². The molecule has 28 heavy (non-hydrogen) atoms. The Morgan fingerprint density at radius 2 is 1.93 bits per heavy atom. The number of aliphatic hydroxyl groups excluding tert-OH is 1. The van der Waals surface area contributed by atoms with Crippen molar-refractivity contribution in [3.63, 3.8) is 0 Å². The Labute approximate surface area is 169 Å². The molecule has 1 aromatic rings. The van der Waals surface area contributed by atoms with E-state index in [9.17, 15) is 9.90 Å². The van der Waals surface area contributed by atoms with Gasteiger partial charge in [0.25, 0.3) is 0 Å². The maximum absolute atomic E-state index is 12.4. The van der Waals surface area contributed by atoms with Crippen LogP contribution >= 0.6 is 0 Å². The number of carbonyl (C=O) groups is 1. The first-order valence-corrected chi connectivity index (χ1v) is 11.0. The Morgan fingerprint density at radius 1 is 1.25 bits per heavy atom. The number of aliphatic hydroxyl groups is 1.